The lowest BCUT2D eigenvalue weighted by Gasteiger charge is -2.17. The van der Waals surface area contributed by atoms with Crippen molar-refractivity contribution in [3.63, 3.8) is 0 Å². The summed E-state index contributed by atoms with van der Waals surface area (Å²) in [7, 11) is 1.80. The second-order valence-corrected chi connectivity index (χ2v) is 5.79. The molecule has 24 heavy (non-hydrogen) atoms. The fraction of sp³-hybridized carbons (Fsp3) is 0.0556. The summed E-state index contributed by atoms with van der Waals surface area (Å²) in [5, 5.41) is 14.4. The first-order chi connectivity index (χ1) is 11.6. The van der Waals surface area contributed by atoms with Crippen molar-refractivity contribution in [1.82, 2.24) is 10.2 Å². The van der Waals surface area contributed by atoms with Crippen molar-refractivity contribution in [3.8, 4) is 0 Å². The van der Waals surface area contributed by atoms with Crippen LogP contribution >= 0.6 is 23.2 Å². The lowest BCUT2D eigenvalue weighted by Crippen LogP contribution is -2.16. The van der Waals surface area contributed by atoms with Crippen LogP contribution in [0.1, 0.15) is 11.1 Å². The highest BCUT2D eigenvalue weighted by Crippen LogP contribution is 2.25. The Bertz CT molecular complexity index is 810. The first-order valence-corrected chi connectivity index (χ1v) is 8.02. The van der Waals surface area contributed by atoms with Gasteiger partial charge >= 0.3 is 0 Å². The van der Waals surface area contributed by atoms with E-state index in [9.17, 15) is 0 Å². The normalized spacial score (nSPS) is 10.3. The number of hydrazone groups is 1. The number of benzene rings is 2. The maximum Gasteiger partial charge on any atom is 0.176 e. The molecule has 1 aromatic heterocycles. The Labute approximate surface area is 150 Å². The highest BCUT2D eigenvalue weighted by atomic mass is 35.5. The Balaban J connectivity index is 2.08. The Hall–Kier alpha value is -2.43. The van der Waals surface area contributed by atoms with Crippen molar-refractivity contribution in [2.75, 3.05) is 12.1 Å². The van der Waals surface area contributed by atoms with E-state index in [0.29, 0.717) is 5.69 Å². The molecule has 4 nitrogen and oxygen atoms in total. The summed E-state index contributed by atoms with van der Waals surface area (Å²) in [5.74, 6) is 0. The summed E-state index contributed by atoms with van der Waals surface area (Å²) in [4.78, 5) is 0. The van der Waals surface area contributed by atoms with Gasteiger partial charge in [-0.3, -0.25) is 5.01 Å². The number of nitrogens with zero attached hydrogens (tertiary/aromatic N) is 4. The van der Waals surface area contributed by atoms with Gasteiger partial charge in [-0.1, -0.05) is 83.9 Å². The van der Waals surface area contributed by atoms with Crippen LogP contribution < -0.4 is 5.01 Å². The maximum atomic E-state index is 6.12. The van der Waals surface area contributed by atoms with Gasteiger partial charge < -0.3 is 0 Å². The van der Waals surface area contributed by atoms with E-state index in [1.54, 1.807) is 18.1 Å². The SMILES string of the molecule is CN(N=C(c1ccccc1)c1ccccc1)c1cc(Cl)nnc1Cl. The van der Waals surface area contributed by atoms with E-state index < -0.39 is 0 Å². The van der Waals surface area contributed by atoms with Crippen molar-refractivity contribution >= 4 is 34.6 Å². The van der Waals surface area contributed by atoms with E-state index >= 15 is 0 Å². The second kappa shape index (κ2) is 7.43. The quantitative estimate of drug-likeness (QED) is 0.503. The van der Waals surface area contributed by atoms with Crippen LogP contribution in [0.5, 0.6) is 0 Å². The third-order valence-corrected chi connectivity index (χ3v) is 3.85. The minimum atomic E-state index is 0.242. The molecule has 3 rings (SSSR count). The van der Waals surface area contributed by atoms with E-state index in [0.717, 1.165) is 16.8 Å². The highest BCUT2D eigenvalue weighted by molar-refractivity contribution is 6.33. The summed E-state index contributed by atoms with van der Waals surface area (Å²) in [5.41, 5.74) is 3.41. The van der Waals surface area contributed by atoms with Gasteiger partial charge in [0.05, 0.1) is 5.71 Å². The van der Waals surface area contributed by atoms with E-state index in [1.165, 1.54) is 0 Å². The summed E-state index contributed by atoms with van der Waals surface area (Å²) < 4.78 is 0. The molecule has 0 radical (unpaired) electrons. The number of aromatic nitrogens is 2. The lowest BCUT2D eigenvalue weighted by atomic mass is 10.0. The Morgan fingerprint density at radius 1 is 0.875 bits per heavy atom. The molecule has 0 bridgehead atoms. The molecule has 3 aromatic rings. The minimum absolute atomic E-state index is 0.242. The molecule has 0 spiro atoms. The molecule has 6 heteroatoms. The molecule has 120 valence electrons. The predicted molar refractivity (Wildman–Crippen MR) is 99.0 cm³/mol. The molecule has 0 saturated heterocycles. The Morgan fingerprint density at radius 2 is 1.42 bits per heavy atom. The molecule has 0 amide bonds. The highest BCUT2D eigenvalue weighted by Gasteiger charge is 2.12. The van der Waals surface area contributed by atoms with Crippen LogP contribution in [0.15, 0.2) is 71.8 Å². The molecule has 0 aliphatic heterocycles. The maximum absolute atomic E-state index is 6.12. The molecule has 0 saturated carbocycles. The topological polar surface area (TPSA) is 41.4 Å². The monoisotopic (exact) mass is 356 g/mol. The fourth-order valence-electron chi connectivity index (χ4n) is 2.25. The Morgan fingerprint density at radius 3 is 1.96 bits per heavy atom. The van der Waals surface area contributed by atoms with E-state index in [2.05, 4.69) is 10.2 Å². The third kappa shape index (κ3) is 3.72. The van der Waals surface area contributed by atoms with Gasteiger partial charge in [0.1, 0.15) is 5.69 Å². The summed E-state index contributed by atoms with van der Waals surface area (Å²) in [6.07, 6.45) is 0. The summed E-state index contributed by atoms with van der Waals surface area (Å²) in [6.45, 7) is 0. The van der Waals surface area contributed by atoms with Gasteiger partial charge in [-0.2, -0.15) is 5.10 Å². The van der Waals surface area contributed by atoms with Gasteiger partial charge in [-0.05, 0) is 0 Å². The van der Waals surface area contributed by atoms with Crippen molar-refractivity contribution in [1.29, 1.82) is 0 Å². The van der Waals surface area contributed by atoms with Crippen molar-refractivity contribution < 1.29 is 0 Å². The predicted octanol–water partition coefficient (Wildman–Crippen LogP) is 4.67. The van der Waals surface area contributed by atoms with Gasteiger partial charge in [-0.15, -0.1) is 10.2 Å². The zero-order chi connectivity index (χ0) is 16.9. The van der Waals surface area contributed by atoms with Crippen molar-refractivity contribution in [2.45, 2.75) is 0 Å². The number of anilines is 1. The van der Waals surface area contributed by atoms with Crippen LogP contribution in [0.3, 0.4) is 0 Å². The molecule has 0 aliphatic carbocycles. The average Bonchev–Trinajstić information content (AvgIpc) is 2.63. The number of hydrogen-bond donors (Lipinski definition) is 0. The number of rotatable bonds is 4. The van der Waals surface area contributed by atoms with Gasteiger partial charge in [0.25, 0.3) is 0 Å². The van der Waals surface area contributed by atoms with Crippen LogP contribution in [-0.2, 0) is 0 Å². The number of hydrogen-bond acceptors (Lipinski definition) is 4. The minimum Gasteiger partial charge on any atom is -0.265 e. The van der Waals surface area contributed by atoms with Crippen LogP contribution in [0, 0.1) is 0 Å². The van der Waals surface area contributed by atoms with E-state index in [4.69, 9.17) is 28.3 Å². The van der Waals surface area contributed by atoms with Crippen LogP contribution in [-0.4, -0.2) is 23.0 Å². The second-order valence-electron chi connectivity index (χ2n) is 5.05. The lowest BCUT2D eigenvalue weighted by molar-refractivity contribution is 0.965. The van der Waals surface area contributed by atoms with Crippen LogP contribution in [0.2, 0.25) is 10.3 Å². The molecule has 2 aromatic carbocycles. The van der Waals surface area contributed by atoms with Gasteiger partial charge in [0.15, 0.2) is 10.3 Å². The molecule has 0 atom stereocenters. The van der Waals surface area contributed by atoms with Crippen molar-refractivity contribution in [2.24, 2.45) is 5.10 Å². The first kappa shape index (κ1) is 16.4. The van der Waals surface area contributed by atoms with Crippen LogP contribution in [0.25, 0.3) is 0 Å². The summed E-state index contributed by atoms with van der Waals surface area (Å²) in [6, 6.07) is 21.5. The molecular formula is C18H14Cl2N4. The summed E-state index contributed by atoms with van der Waals surface area (Å²) >= 11 is 12.0. The molecule has 1 heterocycles. The van der Waals surface area contributed by atoms with Gasteiger partial charge in [0.2, 0.25) is 0 Å². The zero-order valence-corrected chi connectivity index (χ0v) is 14.4. The van der Waals surface area contributed by atoms with E-state index in [-0.39, 0.29) is 10.3 Å². The zero-order valence-electron chi connectivity index (χ0n) is 12.9. The van der Waals surface area contributed by atoms with Crippen LogP contribution in [0.4, 0.5) is 5.69 Å². The smallest absolute Gasteiger partial charge is 0.176 e. The molecule has 0 aliphatic rings. The standard InChI is InChI=1S/C18H14Cl2N4/c1-24(15-12-16(19)21-22-18(15)20)23-17(13-8-4-2-5-9-13)14-10-6-3-7-11-14/h2-12H,1H3. The molecule has 0 unspecified atom stereocenters. The molecule has 0 fully saturated rings. The van der Waals surface area contributed by atoms with E-state index in [1.807, 2.05) is 60.7 Å². The number of halogens is 2. The Kier molecular flexibility index (Phi) is 5.08. The fourth-order valence-corrected chi connectivity index (χ4v) is 2.60. The first-order valence-electron chi connectivity index (χ1n) is 7.27. The molecule has 0 N–H and O–H groups in total. The third-order valence-electron chi connectivity index (χ3n) is 3.39. The largest absolute Gasteiger partial charge is 0.265 e. The molecular weight excluding hydrogens is 343 g/mol. The van der Waals surface area contributed by atoms with Crippen molar-refractivity contribution in [3.05, 3.63) is 88.2 Å². The van der Waals surface area contributed by atoms with Gasteiger partial charge in [-0.25, -0.2) is 0 Å². The van der Waals surface area contributed by atoms with Gasteiger partial charge in [0, 0.05) is 24.2 Å². The average molecular weight is 357 g/mol.